The smallest absolute Gasteiger partial charge is 0.431 e. The first-order chi connectivity index (χ1) is 8.86. The third-order valence-corrected chi connectivity index (χ3v) is 2.41. The van der Waals surface area contributed by atoms with Crippen molar-refractivity contribution in [3.8, 4) is 0 Å². The number of allylic oxidation sites excluding steroid dienone is 1. The van der Waals surface area contributed by atoms with Crippen LogP contribution in [0.15, 0.2) is 18.2 Å². The maximum atomic E-state index is 12.9. The molecule has 0 spiro atoms. The lowest BCUT2D eigenvalue weighted by Gasteiger charge is -2.10. The summed E-state index contributed by atoms with van der Waals surface area (Å²) < 4.78 is 39.4. The van der Waals surface area contributed by atoms with Crippen molar-refractivity contribution >= 4 is 17.7 Å². The summed E-state index contributed by atoms with van der Waals surface area (Å²) in [5.41, 5.74) is -1.70. The topological polar surface area (TPSA) is 67.5 Å². The fourth-order valence-electron chi connectivity index (χ4n) is 1.66. The second kappa shape index (κ2) is 4.38. The lowest BCUT2D eigenvalue weighted by Crippen LogP contribution is -2.14. The van der Waals surface area contributed by atoms with Crippen LogP contribution in [0.4, 0.5) is 13.2 Å². The van der Waals surface area contributed by atoms with Crippen LogP contribution in [-0.2, 0) is 6.18 Å². The molecule has 1 N–H and O–H groups in total. The van der Waals surface area contributed by atoms with E-state index >= 15 is 0 Å². The summed E-state index contributed by atoms with van der Waals surface area (Å²) in [7, 11) is 0. The average molecular weight is 271 g/mol. The van der Waals surface area contributed by atoms with Crippen molar-refractivity contribution in [2.45, 2.75) is 13.1 Å². The van der Waals surface area contributed by atoms with Crippen LogP contribution in [-0.4, -0.2) is 25.7 Å². The molecule has 0 unspecified atom stereocenters. The summed E-state index contributed by atoms with van der Waals surface area (Å²) >= 11 is 0. The van der Waals surface area contributed by atoms with E-state index in [0.717, 1.165) is 6.07 Å². The lowest BCUT2D eigenvalue weighted by atomic mass is 10.2. The molecule has 0 aliphatic heterocycles. The largest absolute Gasteiger partial charge is 0.478 e. The van der Waals surface area contributed by atoms with Crippen LogP contribution < -0.4 is 0 Å². The highest BCUT2D eigenvalue weighted by molar-refractivity contribution is 5.94. The quantitative estimate of drug-likeness (QED) is 0.911. The molecule has 0 radical (unpaired) electrons. The van der Waals surface area contributed by atoms with E-state index in [9.17, 15) is 18.0 Å². The number of alkyl halides is 3. The van der Waals surface area contributed by atoms with Gasteiger partial charge in [0.1, 0.15) is 11.3 Å². The third kappa shape index (κ3) is 2.16. The molecule has 0 bridgehead atoms. The number of pyridine rings is 1. The normalized spacial score (nSPS) is 12.4. The van der Waals surface area contributed by atoms with Gasteiger partial charge in [-0.3, -0.25) is 4.40 Å². The van der Waals surface area contributed by atoms with E-state index in [-0.39, 0.29) is 17.0 Å². The molecule has 8 heteroatoms. The van der Waals surface area contributed by atoms with Gasteiger partial charge in [0.2, 0.25) is 0 Å². The Morgan fingerprint density at radius 3 is 2.58 bits per heavy atom. The number of carboxylic acid groups (broad SMARTS) is 1. The van der Waals surface area contributed by atoms with Crippen molar-refractivity contribution in [2.24, 2.45) is 0 Å². The average Bonchev–Trinajstić information content (AvgIpc) is 2.71. The molecule has 5 nitrogen and oxygen atoms in total. The number of aromatic nitrogens is 3. The summed E-state index contributed by atoms with van der Waals surface area (Å²) in [4.78, 5) is 11.0. The first kappa shape index (κ1) is 13.1. The number of carboxylic acids is 1. The zero-order valence-electron chi connectivity index (χ0n) is 9.64. The highest BCUT2D eigenvalue weighted by atomic mass is 19.4. The summed E-state index contributed by atoms with van der Waals surface area (Å²) in [6, 6.07) is 1.57. The van der Waals surface area contributed by atoms with E-state index in [1.165, 1.54) is 12.2 Å². The Bertz CT molecular complexity index is 674. The maximum Gasteiger partial charge on any atom is 0.431 e. The minimum absolute atomic E-state index is 0.0760. The van der Waals surface area contributed by atoms with Gasteiger partial charge in [0.05, 0.1) is 0 Å². The molecule has 2 heterocycles. The Kier molecular flexibility index (Phi) is 3.01. The number of halogens is 3. The first-order valence-corrected chi connectivity index (χ1v) is 5.17. The van der Waals surface area contributed by atoms with Crippen LogP contribution in [0.1, 0.15) is 28.8 Å². The molecule has 0 aliphatic rings. The lowest BCUT2D eigenvalue weighted by molar-refractivity contribution is -0.142. The molecule has 0 saturated carbocycles. The molecule has 0 aliphatic carbocycles. The Morgan fingerprint density at radius 2 is 2.05 bits per heavy atom. The fraction of sp³-hybridized carbons (Fsp3) is 0.182. The molecule has 2 rings (SSSR count). The van der Waals surface area contributed by atoms with E-state index in [4.69, 9.17) is 5.11 Å². The molecule has 2 aromatic heterocycles. The fourth-order valence-corrected chi connectivity index (χ4v) is 1.66. The highest BCUT2D eigenvalue weighted by Gasteiger charge is 2.35. The Hall–Kier alpha value is -2.38. The van der Waals surface area contributed by atoms with Gasteiger partial charge in [-0.15, -0.1) is 10.2 Å². The standard InChI is InChI=1S/C11H8F3N3O2/c1-2-3-8-15-16-9-6(10(18)19)4-5-7(17(8)9)11(12,13)14/h2-5H,1H3,(H,18,19)/b3-2-. The number of hydrogen-bond donors (Lipinski definition) is 1. The Labute approximate surface area is 105 Å². The Balaban J connectivity index is 2.89. The van der Waals surface area contributed by atoms with Gasteiger partial charge in [-0.05, 0) is 25.1 Å². The van der Waals surface area contributed by atoms with Crippen molar-refractivity contribution < 1.29 is 23.1 Å². The molecule has 0 saturated heterocycles. The summed E-state index contributed by atoms with van der Waals surface area (Å²) in [6.07, 6.45) is -1.82. The summed E-state index contributed by atoms with van der Waals surface area (Å²) in [6.45, 7) is 1.61. The van der Waals surface area contributed by atoms with Crippen LogP contribution in [0.25, 0.3) is 11.7 Å². The van der Waals surface area contributed by atoms with Gasteiger partial charge in [0.15, 0.2) is 11.5 Å². The van der Waals surface area contributed by atoms with Gasteiger partial charge >= 0.3 is 12.1 Å². The molecule has 0 aromatic carbocycles. The second-order valence-corrected chi connectivity index (χ2v) is 3.65. The van der Waals surface area contributed by atoms with E-state index in [0.29, 0.717) is 10.5 Å². The second-order valence-electron chi connectivity index (χ2n) is 3.65. The summed E-state index contributed by atoms with van der Waals surface area (Å²) in [5, 5.41) is 16.0. The molecule has 0 amide bonds. The number of hydrogen-bond acceptors (Lipinski definition) is 3. The van der Waals surface area contributed by atoms with Crippen molar-refractivity contribution in [2.75, 3.05) is 0 Å². The number of fused-ring (bicyclic) bond motifs is 1. The number of aromatic carboxylic acids is 1. The first-order valence-electron chi connectivity index (χ1n) is 5.17. The molecular weight excluding hydrogens is 263 g/mol. The zero-order valence-corrected chi connectivity index (χ0v) is 9.64. The molecular formula is C11H8F3N3O2. The van der Waals surface area contributed by atoms with Crippen LogP contribution in [0.3, 0.4) is 0 Å². The van der Waals surface area contributed by atoms with Gasteiger partial charge in [0.25, 0.3) is 0 Å². The number of rotatable bonds is 2. The monoisotopic (exact) mass is 271 g/mol. The van der Waals surface area contributed by atoms with Gasteiger partial charge in [0, 0.05) is 0 Å². The van der Waals surface area contributed by atoms with Gasteiger partial charge in [-0.25, -0.2) is 4.79 Å². The van der Waals surface area contributed by atoms with E-state index in [2.05, 4.69) is 10.2 Å². The molecule has 0 fully saturated rings. The van der Waals surface area contributed by atoms with Crippen LogP contribution in [0, 0.1) is 0 Å². The Morgan fingerprint density at radius 1 is 1.37 bits per heavy atom. The number of carbonyl (C=O) groups is 1. The maximum absolute atomic E-state index is 12.9. The van der Waals surface area contributed by atoms with Gasteiger partial charge in [-0.1, -0.05) is 6.08 Å². The van der Waals surface area contributed by atoms with E-state index in [1.54, 1.807) is 6.92 Å². The zero-order chi connectivity index (χ0) is 14.2. The van der Waals surface area contributed by atoms with Gasteiger partial charge in [-0.2, -0.15) is 13.2 Å². The summed E-state index contributed by atoms with van der Waals surface area (Å²) in [5.74, 6) is -1.44. The van der Waals surface area contributed by atoms with Crippen LogP contribution in [0.5, 0.6) is 0 Å². The van der Waals surface area contributed by atoms with Crippen LogP contribution in [0.2, 0.25) is 0 Å². The van der Waals surface area contributed by atoms with Crippen molar-refractivity contribution in [3.05, 3.63) is 35.3 Å². The van der Waals surface area contributed by atoms with Crippen molar-refractivity contribution in [3.63, 3.8) is 0 Å². The van der Waals surface area contributed by atoms with Crippen LogP contribution >= 0.6 is 0 Å². The predicted molar refractivity (Wildman–Crippen MR) is 59.7 cm³/mol. The highest BCUT2D eigenvalue weighted by Crippen LogP contribution is 2.31. The molecule has 0 atom stereocenters. The minimum atomic E-state index is -4.63. The van der Waals surface area contributed by atoms with Crippen molar-refractivity contribution in [1.82, 2.24) is 14.6 Å². The van der Waals surface area contributed by atoms with Gasteiger partial charge < -0.3 is 5.11 Å². The minimum Gasteiger partial charge on any atom is -0.478 e. The number of nitrogens with zero attached hydrogens (tertiary/aromatic N) is 3. The van der Waals surface area contributed by atoms with Crippen molar-refractivity contribution in [1.29, 1.82) is 0 Å². The SMILES string of the molecule is C/C=C\c1nnc2c(C(=O)O)ccc(C(F)(F)F)n12. The third-order valence-electron chi connectivity index (χ3n) is 2.41. The predicted octanol–water partition coefficient (Wildman–Crippen LogP) is 2.48. The molecule has 2 aromatic rings. The molecule has 19 heavy (non-hydrogen) atoms. The van der Waals surface area contributed by atoms with E-state index in [1.807, 2.05) is 0 Å². The molecule has 100 valence electrons. The van der Waals surface area contributed by atoms with E-state index < -0.39 is 17.8 Å².